The van der Waals surface area contributed by atoms with Crippen LogP contribution in [-0.4, -0.2) is 42.4 Å². The maximum absolute atomic E-state index is 12.1. The topological polar surface area (TPSA) is 75.7 Å². The maximum atomic E-state index is 12.1. The molecule has 0 radical (unpaired) electrons. The van der Waals surface area contributed by atoms with E-state index < -0.39 is 24.4 Å². The molecule has 1 saturated heterocycles. The van der Waals surface area contributed by atoms with Gasteiger partial charge in [0.25, 0.3) is 5.91 Å². The van der Waals surface area contributed by atoms with E-state index in [1.807, 2.05) is 18.2 Å². The van der Waals surface area contributed by atoms with Crippen LogP contribution in [0.25, 0.3) is 0 Å². The van der Waals surface area contributed by atoms with Crippen LogP contribution in [0.1, 0.15) is 12.0 Å². The van der Waals surface area contributed by atoms with Crippen LogP contribution < -0.4 is 5.32 Å². The van der Waals surface area contributed by atoms with Gasteiger partial charge in [0.05, 0.1) is 12.5 Å². The van der Waals surface area contributed by atoms with Crippen molar-refractivity contribution in [1.29, 1.82) is 0 Å². The Bertz CT molecular complexity index is 683. The van der Waals surface area contributed by atoms with Gasteiger partial charge in [-0.05, 0) is 11.6 Å². The van der Waals surface area contributed by atoms with Gasteiger partial charge in [0.15, 0.2) is 6.61 Å². The van der Waals surface area contributed by atoms with E-state index in [0.29, 0.717) is 11.6 Å². The molecular weight excluding hydrogens is 332 g/mol. The number of terminal acetylenes is 1. The summed E-state index contributed by atoms with van der Waals surface area (Å²) in [5, 5.41) is 2.96. The fourth-order valence-corrected chi connectivity index (χ4v) is 2.57. The number of likely N-dealkylation sites (tertiary alicyclic amines) is 1. The molecule has 1 N–H and O–H groups in total. The predicted molar refractivity (Wildman–Crippen MR) is 87.8 cm³/mol. The van der Waals surface area contributed by atoms with E-state index in [9.17, 15) is 14.4 Å². The smallest absolute Gasteiger partial charge is 0.311 e. The lowest BCUT2D eigenvalue weighted by molar-refractivity contribution is -0.152. The van der Waals surface area contributed by atoms with Crippen molar-refractivity contribution in [2.24, 2.45) is 5.92 Å². The van der Waals surface area contributed by atoms with Crippen LogP contribution in [0.5, 0.6) is 0 Å². The highest BCUT2D eigenvalue weighted by Crippen LogP contribution is 2.24. The third kappa shape index (κ3) is 4.74. The van der Waals surface area contributed by atoms with Crippen LogP contribution in [0, 0.1) is 18.3 Å². The molecule has 6 nitrogen and oxygen atoms in total. The van der Waals surface area contributed by atoms with Gasteiger partial charge in [0, 0.05) is 24.5 Å². The number of hydrogen-bond donors (Lipinski definition) is 1. The standard InChI is InChI=1S/C17H17ClN2O4/c1-2-7-19-15(21)11-24-17(23)13-8-16(22)20(10-13)9-12-5-3-4-6-14(12)18/h1,3-6,13H,7-11H2,(H,19,21)/t13-/m0/s1. The van der Waals surface area contributed by atoms with Gasteiger partial charge in [0.1, 0.15) is 0 Å². The third-order valence-electron chi connectivity index (χ3n) is 3.60. The SMILES string of the molecule is C#CCNC(=O)COC(=O)[C@H]1CC(=O)N(Cc2ccccc2Cl)C1. The van der Waals surface area contributed by atoms with E-state index in [0.717, 1.165) is 5.56 Å². The average Bonchev–Trinajstić information content (AvgIpc) is 2.93. The lowest BCUT2D eigenvalue weighted by Crippen LogP contribution is -2.31. The number of carbonyl (C=O) groups excluding carboxylic acids is 3. The Balaban J connectivity index is 1.85. The number of carbonyl (C=O) groups is 3. The predicted octanol–water partition coefficient (Wildman–Crippen LogP) is 0.981. The zero-order chi connectivity index (χ0) is 17.5. The van der Waals surface area contributed by atoms with E-state index in [2.05, 4.69) is 11.2 Å². The summed E-state index contributed by atoms with van der Waals surface area (Å²) in [7, 11) is 0. The molecule has 0 spiro atoms. The summed E-state index contributed by atoms with van der Waals surface area (Å²) in [6, 6.07) is 7.22. The molecule has 1 atom stereocenters. The molecule has 7 heteroatoms. The van der Waals surface area contributed by atoms with E-state index in [1.54, 1.807) is 11.0 Å². The van der Waals surface area contributed by atoms with Crippen molar-refractivity contribution in [3.05, 3.63) is 34.9 Å². The van der Waals surface area contributed by atoms with Crippen LogP contribution in [0.2, 0.25) is 5.02 Å². The van der Waals surface area contributed by atoms with Crippen molar-refractivity contribution in [2.45, 2.75) is 13.0 Å². The number of benzene rings is 1. The molecule has 1 aliphatic rings. The summed E-state index contributed by atoms with van der Waals surface area (Å²) in [6.07, 6.45) is 5.08. The summed E-state index contributed by atoms with van der Waals surface area (Å²) in [6.45, 7) is 0.249. The number of ether oxygens (including phenoxy) is 1. The molecule has 1 aromatic carbocycles. The second kappa shape index (κ2) is 8.37. The van der Waals surface area contributed by atoms with Gasteiger partial charge in [-0.15, -0.1) is 6.42 Å². The van der Waals surface area contributed by atoms with Gasteiger partial charge in [0.2, 0.25) is 5.91 Å². The lowest BCUT2D eigenvalue weighted by atomic mass is 10.1. The van der Waals surface area contributed by atoms with Crippen molar-refractivity contribution in [3.63, 3.8) is 0 Å². The van der Waals surface area contributed by atoms with Gasteiger partial charge < -0.3 is 15.0 Å². The molecule has 126 valence electrons. The van der Waals surface area contributed by atoms with Crippen molar-refractivity contribution in [2.75, 3.05) is 19.7 Å². The van der Waals surface area contributed by atoms with Gasteiger partial charge in [-0.2, -0.15) is 0 Å². The second-order valence-corrected chi connectivity index (χ2v) is 5.76. The first-order valence-electron chi connectivity index (χ1n) is 7.39. The highest BCUT2D eigenvalue weighted by Gasteiger charge is 2.35. The number of rotatable bonds is 6. The molecule has 0 saturated carbocycles. The van der Waals surface area contributed by atoms with Crippen molar-refractivity contribution < 1.29 is 19.1 Å². The van der Waals surface area contributed by atoms with Crippen LogP contribution >= 0.6 is 11.6 Å². The summed E-state index contributed by atoms with van der Waals surface area (Å²) in [5.41, 5.74) is 0.815. The normalized spacial score (nSPS) is 16.6. The number of amides is 2. The summed E-state index contributed by atoms with van der Waals surface area (Å²) < 4.78 is 4.93. The zero-order valence-corrected chi connectivity index (χ0v) is 13.7. The molecule has 0 unspecified atom stereocenters. The molecule has 1 fully saturated rings. The summed E-state index contributed by atoms with van der Waals surface area (Å²) >= 11 is 6.09. The first-order chi connectivity index (χ1) is 11.5. The Labute approximate surface area is 145 Å². The molecule has 2 amide bonds. The van der Waals surface area contributed by atoms with Gasteiger partial charge in [-0.25, -0.2) is 0 Å². The molecule has 0 aromatic heterocycles. The van der Waals surface area contributed by atoms with Crippen LogP contribution in [0.3, 0.4) is 0 Å². The Hall–Kier alpha value is -2.52. The highest BCUT2D eigenvalue weighted by atomic mass is 35.5. The molecule has 0 aliphatic carbocycles. The van der Waals surface area contributed by atoms with E-state index in [1.165, 1.54) is 0 Å². The third-order valence-corrected chi connectivity index (χ3v) is 3.97. The molecule has 1 aliphatic heterocycles. The van der Waals surface area contributed by atoms with E-state index >= 15 is 0 Å². The molecule has 2 rings (SSSR count). The number of nitrogens with zero attached hydrogens (tertiary/aromatic N) is 1. The summed E-state index contributed by atoms with van der Waals surface area (Å²) in [4.78, 5) is 37.0. The Morgan fingerprint density at radius 1 is 1.42 bits per heavy atom. The lowest BCUT2D eigenvalue weighted by Gasteiger charge is -2.17. The Kier molecular flexibility index (Phi) is 6.21. The molecule has 0 bridgehead atoms. The van der Waals surface area contributed by atoms with Gasteiger partial charge in [-0.1, -0.05) is 35.7 Å². The van der Waals surface area contributed by atoms with Crippen molar-refractivity contribution in [1.82, 2.24) is 10.2 Å². The molecule has 24 heavy (non-hydrogen) atoms. The Morgan fingerprint density at radius 3 is 2.88 bits per heavy atom. The first-order valence-corrected chi connectivity index (χ1v) is 7.77. The average molecular weight is 349 g/mol. The maximum Gasteiger partial charge on any atom is 0.311 e. The Morgan fingerprint density at radius 2 is 2.17 bits per heavy atom. The van der Waals surface area contributed by atoms with Crippen LogP contribution in [0.4, 0.5) is 0 Å². The highest BCUT2D eigenvalue weighted by molar-refractivity contribution is 6.31. The monoisotopic (exact) mass is 348 g/mol. The second-order valence-electron chi connectivity index (χ2n) is 5.36. The minimum absolute atomic E-state index is 0.0647. The number of hydrogen-bond acceptors (Lipinski definition) is 4. The zero-order valence-electron chi connectivity index (χ0n) is 13.0. The number of halogens is 1. The number of nitrogens with one attached hydrogen (secondary N) is 1. The van der Waals surface area contributed by atoms with Crippen LogP contribution in [-0.2, 0) is 25.7 Å². The van der Waals surface area contributed by atoms with Crippen LogP contribution in [0.15, 0.2) is 24.3 Å². The quantitative estimate of drug-likeness (QED) is 0.614. The van der Waals surface area contributed by atoms with E-state index in [-0.39, 0.29) is 25.4 Å². The van der Waals surface area contributed by atoms with Gasteiger partial charge >= 0.3 is 5.97 Å². The minimum Gasteiger partial charge on any atom is -0.455 e. The van der Waals surface area contributed by atoms with Crippen molar-refractivity contribution >= 4 is 29.4 Å². The number of esters is 1. The van der Waals surface area contributed by atoms with Gasteiger partial charge in [-0.3, -0.25) is 14.4 Å². The molecule has 1 heterocycles. The molecule has 1 aromatic rings. The van der Waals surface area contributed by atoms with E-state index in [4.69, 9.17) is 22.8 Å². The van der Waals surface area contributed by atoms with Crippen molar-refractivity contribution in [3.8, 4) is 12.3 Å². The largest absolute Gasteiger partial charge is 0.455 e. The summed E-state index contributed by atoms with van der Waals surface area (Å²) in [5.74, 6) is 0.476. The minimum atomic E-state index is -0.583. The fraction of sp³-hybridized carbons (Fsp3) is 0.353. The first kappa shape index (κ1) is 17.8. The fourth-order valence-electron chi connectivity index (χ4n) is 2.37. The molecular formula is C17H17ClN2O4.